The fourth-order valence-electron chi connectivity index (χ4n) is 3.26. The van der Waals surface area contributed by atoms with Crippen molar-refractivity contribution in [1.82, 2.24) is 14.8 Å². The van der Waals surface area contributed by atoms with Gasteiger partial charge in [0.2, 0.25) is 10.0 Å². The summed E-state index contributed by atoms with van der Waals surface area (Å²) in [6, 6.07) is 12.6. The van der Waals surface area contributed by atoms with Crippen molar-refractivity contribution in [2.45, 2.75) is 13.0 Å². The number of carbonyl (C=O) groups excluding carboxylic acids is 1. The lowest BCUT2D eigenvalue weighted by Gasteiger charge is -2.16. The van der Waals surface area contributed by atoms with E-state index in [0.717, 1.165) is 11.1 Å². The number of sulfonamides is 1. The molecular weight excluding hydrogens is 378 g/mol. The summed E-state index contributed by atoms with van der Waals surface area (Å²) in [7, 11) is -3.30. The molecule has 1 aliphatic heterocycles. The maximum atomic E-state index is 12.6. The second-order valence-electron chi connectivity index (χ2n) is 6.67. The zero-order valence-electron chi connectivity index (χ0n) is 15.2. The molecule has 0 spiro atoms. The number of rotatable bonds is 5. The van der Waals surface area contributed by atoms with Crippen LogP contribution in [0.1, 0.15) is 21.5 Å². The Hall–Kier alpha value is -3.20. The zero-order chi connectivity index (χ0) is 19.7. The molecule has 1 N–H and O–H groups in total. The Labute approximate surface area is 162 Å². The molecule has 144 valence electrons. The van der Waals surface area contributed by atoms with E-state index < -0.39 is 10.0 Å². The summed E-state index contributed by atoms with van der Waals surface area (Å²) in [5.41, 5.74) is 3.74. The molecule has 0 atom stereocenters. The van der Waals surface area contributed by atoms with Crippen molar-refractivity contribution in [3.8, 4) is 0 Å². The van der Waals surface area contributed by atoms with Gasteiger partial charge in [0.05, 0.1) is 18.5 Å². The maximum absolute atomic E-state index is 12.6. The van der Waals surface area contributed by atoms with E-state index in [0.29, 0.717) is 36.4 Å². The molecule has 0 aliphatic carbocycles. The molecule has 3 aromatic rings. The first-order chi connectivity index (χ1) is 13.4. The predicted molar refractivity (Wildman–Crippen MR) is 106 cm³/mol. The lowest BCUT2D eigenvalue weighted by molar-refractivity contribution is 0.102. The predicted octanol–water partition coefficient (Wildman–Crippen LogP) is 1.90. The number of nitrogens with zero attached hydrogens (tertiary/aromatic N) is 4. The highest BCUT2D eigenvalue weighted by atomic mass is 32.2. The first-order valence-corrected chi connectivity index (χ1v) is 10.6. The van der Waals surface area contributed by atoms with E-state index in [4.69, 9.17) is 0 Å². The molecule has 9 heteroatoms. The Morgan fingerprint density at radius 2 is 1.96 bits per heavy atom. The van der Waals surface area contributed by atoms with Gasteiger partial charge in [-0.15, -0.1) is 0 Å². The van der Waals surface area contributed by atoms with Gasteiger partial charge in [0.25, 0.3) is 5.91 Å². The monoisotopic (exact) mass is 397 g/mol. The second kappa shape index (κ2) is 7.08. The van der Waals surface area contributed by atoms with Crippen LogP contribution in [0.15, 0.2) is 55.1 Å². The Morgan fingerprint density at radius 1 is 1.18 bits per heavy atom. The topological polar surface area (TPSA) is 97.2 Å². The summed E-state index contributed by atoms with van der Waals surface area (Å²) in [5, 5.41) is 6.94. The molecule has 1 aromatic heterocycles. The number of fused-ring (bicyclic) bond motifs is 1. The summed E-state index contributed by atoms with van der Waals surface area (Å²) in [4.78, 5) is 16.5. The number of nitrogens with one attached hydrogen (secondary N) is 1. The van der Waals surface area contributed by atoms with Gasteiger partial charge >= 0.3 is 0 Å². The molecule has 0 radical (unpaired) electrons. The summed E-state index contributed by atoms with van der Waals surface area (Å²) in [6.07, 6.45) is 4.92. The minimum atomic E-state index is -3.30. The van der Waals surface area contributed by atoms with Crippen LogP contribution in [0, 0.1) is 0 Å². The average Bonchev–Trinajstić information content (AvgIpc) is 3.31. The zero-order valence-corrected chi connectivity index (χ0v) is 16.1. The van der Waals surface area contributed by atoms with Gasteiger partial charge in [-0.2, -0.15) is 5.10 Å². The molecule has 2 heterocycles. The van der Waals surface area contributed by atoms with Crippen LogP contribution in [0.25, 0.3) is 0 Å². The quantitative estimate of drug-likeness (QED) is 0.709. The van der Waals surface area contributed by atoms with Crippen LogP contribution >= 0.6 is 0 Å². The van der Waals surface area contributed by atoms with Gasteiger partial charge in [0.15, 0.2) is 0 Å². The highest BCUT2D eigenvalue weighted by Gasteiger charge is 2.26. The third kappa shape index (κ3) is 3.74. The summed E-state index contributed by atoms with van der Waals surface area (Å²) in [6.45, 7) is 1.02. The van der Waals surface area contributed by atoms with Gasteiger partial charge in [-0.1, -0.05) is 12.1 Å². The molecule has 2 aromatic carbocycles. The first kappa shape index (κ1) is 18.2. The number of aromatic nitrogens is 3. The number of anilines is 2. The van der Waals surface area contributed by atoms with Crippen LogP contribution in [0.5, 0.6) is 0 Å². The van der Waals surface area contributed by atoms with Gasteiger partial charge < -0.3 is 5.32 Å². The Morgan fingerprint density at radius 3 is 2.64 bits per heavy atom. The third-order valence-electron chi connectivity index (χ3n) is 4.62. The summed E-state index contributed by atoms with van der Waals surface area (Å²) < 4.78 is 26.7. The van der Waals surface area contributed by atoms with E-state index in [9.17, 15) is 13.2 Å². The molecule has 0 unspecified atom stereocenters. The molecule has 1 amide bonds. The lowest BCUT2D eigenvalue weighted by atomic mass is 10.1. The van der Waals surface area contributed by atoms with Gasteiger partial charge in [0.1, 0.15) is 12.7 Å². The maximum Gasteiger partial charge on any atom is 0.255 e. The van der Waals surface area contributed by atoms with Gasteiger partial charge in [-0.05, 0) is 47.9 Å². The van der Waals surface area contributed by atoms with Crippen LogP contribution < -0.4 is 9.62 Å². The van der Waals surface area contributed by atoms with Gasteiger partial charge in [0, 0.05) is 17.8 Å². The van der Waals surface area contributed by atoms with E-state index in [-0.39, 0.29) is 5.91 Å². The van der Waals surface area contributed by atoms with E-state index in [1.165, 1.54) is 16.9 Å². The Kier molecular flexibility index (Phi) is 4.60. The number of carbonyl (C=O) groups is 1. The molecule has 28 heavy (non-hydrogen) atoms. The van der Waals surface area contributed by atoms with Crippen LogP contribution in [-0.2, 0) is 23.0 Å². The normalized spacial score (nSPS) is 13.4. The van der Waals surface area contributed by atoms with Crippen molar-refractivity contribution in [1.29, 1.82) is 0 Å². The SMILES string of the molecule is CS(=O)(=O)N1CCc2cc(C(=O)Nc3ccc(Cn4cncn4)cc3)ccc21. The van der Waals surface area contributed by atoms with E-state index >= 15 is 0 Å². The Balaban J connectivity index is 1.45. The van der Waals surface area contributed by atoms with E-state index in [1.807, 2.05) is 24.3 Å². The molecule has 1 aliphatic rings. The third-order valence-corrected chi connectivity index (χ3v) is 5.80. The highest BCUT2D eigenvalue weighted by Crippen LogP contribution is 2.30. The highest BCUT2D eigenvalue weighted by molar-refractivity contribution is 7.92. The molecule has 0 saturated heterocycles. The van der Waals surface area contributed by atoms with Crippen molar-refractivity contribution in [2.75, 3.05) is 22.4 Å². The summed E-state index contributed by atoms with van der Waals surface area (Å²) >= 11 is 0. The van der Waals surface area contributed by atoms with E-state index in [2.05, 4.69) is 15.4 Å². The van der Waals surface area contributed by atoms with Gasteiger partial charge in [-0.3, -0.25) is 9.10 Å². The van der Waals surface area contributed by atoms with Crippen molar-refractivity contribution in [3.63, 3.8) is 0 Å². The Bertz CT molecular complexity index is 1110. The number of hydrogen-bond acceptors (Lipinski definition) is 5. The van der Waals surface area contributed by atoms with Crippen LogP contribution in [0.3, 0.4) is 0 Å². The molecule has 0 saturated carbocycles. The minimum Gasteiger partial charge on any atom is -0.322 e. The number of amides is 1. The molecule has 0 bridgehead atoms. The average molecular weight is 397 g/mol. The molecule has 8 nitrogen and oxygen atoms in total. The van der Waals surface area contributed by atoms with Gasteiger partial charge in [-0.25, -0.2) is 18.1 Å². The standard InChI is InChI=1S/C19H19N5O3S/c1-28(26,27)24-9-8-15-10-16(4-7-18(15)24)19(25)22-17-5-2-14(3-6-17)11-23-13-20-12-21-23/h2-7,10,12-13H,8-9,11H2,1H3,(H,22,25). The van der Waals surface area contributed by atoms with Crippen molar-refractivity contribution < 1.29 is 13.2 Å². The molecular formula is C19H19N5O3S. The van der Waals surface area contributed by atoms with Crippen molar-refractivity contribution in [2.24, 2.45) is 0 Å². The largest absolute Gasteiger partial charge is 0.322 e. The number of hydrogen-bond donors (Lipinski definition) is 1. The van der Waals surface area contributed by atoms with E-state index in [1.54, 1.807) is 29.2 Å². The smallest absolute Gasteiger partial charge is 0.255 e. The molecule has 4 rings (SSSR count). The fourth-order valence-corrected chi connectivity index (χ4v) is 4.21. The first-order valence-electron chi connectivity index (χ1n) is 8.73. The second-order valence-corrected chi connectivity index (χ2v) is 8.58. The lowest BCUT2D eigenvalue weighted by Crippen LogP contribution is -2.27. The van der Waals surface area contributed by atoms with Crippen LogP contribution in [0.2, 0.25) is 0 Å². The van der Waals surface area contributed by atoms with Crippen molar-refractivity contribution >= 4 is 27.3 Å². The fraction of sp³-hybridized carbons (Fsp3) is 0.211. The van der Waals surface area contributed by atoms with Crippen LogP contribution in [0.4, 0.5) is 11.4 Å². The summed E-state index contributed by atoms with van der Waals surface area (Å²) in [5.74, 6) is -0.232. The van der Waals surface area contributed by atoms with Crippen molar-refractivity contribution in [3.05, 3.63) is 71.8 Å². The minimum absolute atomic E-state index is 0.232. The molecule has 0 fully saturated rings. The number of benzene rings is 2. The van der Waals surface area contributed by atoms with Crippen LogP contribution in [-0.4, -0.2) is 41.9 Å².